The quantitative estimate of drug-likeness (QED) is 0.895. The fourth-order valence-corrected chi connectivity index (χ4v) is 3.10. The molecule has 1 aromatic carbocycles. The molecular weight excluding hydrogens is 260 g/mol. The van der Waals surface area contributed by atoms with Gasteiger partial charge >= 0.3 is 0 Å². The number of hydrogen-bond acceptors (Lipinski definition) is 4. The number of rotatable bonds is 3. The molecule has 1 saturated carbocycles. The lowest BCUT2D eigenvalue weighted by Crippen LogP contribution is -2.23. The molecule has 2 aromatic rings. The van der Waals surface area contributed by atoms with Gasteiger partial charge in [-0.3, -0.25) is 0 Å². The molecule has 1 aliphatic carbocycles. The SMILES string of the molecule is CNc1nc2ccccc2c(NC2CCCCC2)c1C#N. The van der Waals surface area contributed by atoms with Gasteiger partial charge in [0.1, 0.15) is 17.5 Å². The predicted octanol–water partition coefficient (Wildman–Crippen LogP) is 3.89. The Kier molecular flexibility index (Phi) is 3.92. The second kappa shape index (κ2) is 6.01. The van der Waals surface area contributed by atoms with E-state index in [1.54, 1.807) is 0 Å². The van der Waals surface area contributed by atoms with E-state index >= 15 is 0 Å². The van der Waals surface area contributed by atoms with Gasteiger partial charge in [0.15, 0.2) is 0 Å². The van der Waals surface area contributed by atoms with Crippen LogP contribution in [-0.4, -0.2) is 18.1 Å². The smallest absolute Gasteiger partial charge is 0.146 e. The minimum absolute atomic E-state index is 0.460. The van der Waals surface area contributed by atoms with Crippen molar-refractivity contribution in [3.05, 3.63) is 29.8 Å². The van der Waals surface area contributed by atoms with Gasteiger partial charge in [0.25, 0.3) is 0 Å². The number of hydrogen-bond donors (Lipinski definition) is 2. The molecule has 4 heteroatoms. The van der Waals surface area contributed by atoms with Crippen LogP contribution in [0.25, 0.3) is 10.9 Å². The Morgan fingerprint density at radius 1 is 1.19 bits per heavy atom. The Balaban J connectivity index is 2.10. The maximum Gasteiger partial charge on any atom is 0.146 e. The lowest BCUT2D eigenvalue weighted by atomic mass is 9.94. The third kappa shape index (κ3) is 2.64. The Bertz CT molecular complexity index is 681. The third-order valence-electron chi connectivity index (χ3n) is 4.19. The zero-order valence-corrected chi connectivity index (χ0v) is 12.3. The number of nitrogens with zero attached hydrogens (tertiary/aromatic N) is 2. The number of para-hydroxylation sites is 1. The number of fused-ring (bicyclic) bond motifs is 1. The van der Waals surface area contributed by atoms with E-state index < -0.39 is 0 Å². The predicted molar refractivity (Wildman–Crippen MR) is 86.5 cm³/mol. The fraction of sp³-hybridized carbons (Fsp3) is 0.412. The van der Waals surface area contributed by atoms with E-state index in [4.69, 9.17) is 0 Å². The van der Waals surface area contributed by atoms with Crippen LogP contribution in [0.15, 0.2) is 24.3 Å². The summed E-state index contributed by atoms with van der Waals surface area (Å²) in [4.78, 5) is 4.54. The average molecular weight is 280 g/mol. The molecule has 3 rings (SSSR count). The lowest BCUT2D eigenvalue weighted by molar-refractivity contribution is 0.463. The number of anilines is 2. The van der Waals surface area contributed by atoms with Crippen LogP contribution < -0.4 is 10.6 Å². The summed E-state index contributed by atoms with van der Waals surface area (Å²) in [6.45, 7) is 0. The lowest BCUT2D eigenvalue weighted by Gasteiger charge is -2.25. The van der Waals surface area contributed by atoms with E-state index in [0.717, 1.165) is 16.6 Å². The molecular formula is C17H20N4. The van der Waals surface area contributed by atoms with Crippen molar-refractivity contribution in [2.45, 2.75) is 38.1 Å². The standard InChI is InChI=1S/C17H20N4/c1-19-17-14(11-18)16(20-12-7-3-2-4-8-12)13-9-5-6-10-15(13)21-17/h5-6,9-10,12H,2-4,7-8H2,1H3,(H2,19,20,21). The van der Waals surface area contributed by atoms with E-state index in [0.29, 0.717) is 17.4 Å². The Morgan fingerprint density at radius 2 is 1.95 bits per heavy atom. The Morgan fingerprint density at radius 3 is 2.67 bits per heavy atom. The topological polar surface area (TPSA) is 60.7 Å². The summed E-state index contributed by atoms with van der Waals surface area (Å²) >= 11 is 0. The second-order valence-corrected chi connectivity index (χ2v) is 5.57. The summed E-state index contributed by atoms with van der Waals surface area (Å²) in [5.41, 5.74) is 2.46. The molecule has 1 heterocycles. The van der Waals surface area contributed by atoms with Crippen molar-refractivity contribution >= 4 is 22.4 Å². The highest BCUT2D eigenvalue weighted by atomic mass is 15.0. The molecule has 0 bridgehead atoms. The molecule has 0 unspecified atom stereocenters. The molecule has 0 radical (unpaired) electrons. The van der Waals surface area contributed by atoms with Crippen molar-refractivity contribution in [1.29, 1.82) is 5.26 Å². The zero-order chi connectivity index (χ0) is 14.7. The highest BCUT2D eigenvalue weighted by molar-refractivity contribution is 5.97. The molecule has 1 fully saturated rings. The van der Waals surface area contributed by atoms with Crippen LogP contribution in [-0.2, 0) is 0 Å². The first-order valence-electron chi connectivity index (χ1n) is 7.60. The number of nitriles is 1. The largest absolute Gasteiger partial charge is 0.381 e. The monoisotopic (exact) mass is 280 g/mol. The van der Waals surface area contributed by atoms with Crippen molar-refractivity contribution in [1.82, 2.24) is 4.98 Å². The second-order valence-electron chi connectivity index (χ2n) is 5.57. The van der Waals surface area contributed by atoms with Crippen LogP contribution in [0.1, 0.15) is 37.7 Å². The van der Waals surface area contributed by atoms with Gasteiger partial charge in [-0.05, 0) is 18.9 Å². The maximum absolute atomic E-state index is 9.55. The number of aromatic nitrogens is 1. The fourth-order valence-electron chi connectivity index (χ4n) is 3.10. The highest BCUT2D eigenvalue weighted by Crippen LogP contribution is 2.33. The third-order valence-corrected chi connectivity index (χ3v) is 4.19. The average Bonchev–Trinajstić information content (AvgIpc) is 2.55. The maximum atomic E-state index is 9.55. The van der Waals surface area contributed by atoms with E-state index in [-0.39, 0.29) is 0 Å². The molecule has 21 heavy (non-hydrogen) atoms. The van der Waals surface area contributed by atoms with E-state index in [1.165, 1.54) is 32.1 Å². The van der Waals surface area contributed by atoms with E-state index in [9.17, 15) is 5.26 Å². The minimum atomic E-state index is 0.460. The minimum Gasteiger partial charge on any atom is -0.381 e. The number of benzene rings is 1. The number of nitrogens with one attached hydrogen (secondary N) is 2. The summed E-state index contributed by atoms with van der Waals surface area (Å²) in [6, 6.07) is 10.8. The zero-order valence-electron chi connectivity index (χ0n) is 12.3. The van der Waals surface area contributed by atoms with Gasteiger partial charge in [-0.25, -0.2) is 4.98 Å². The van der Waals surface area contributed by atoms with Crippen LogP contribution in [0.4, 0.5) is 11.5 Å². The molecule has 4 nitrogen and oxygen atoms in total. The van der Waals surface area contributed by atoms with Crippen LogP contribution in [0, 0.1) is 11.3 Å². The van der Waals surface area contributed by atoms with Gasteiger partial charge in [-0.1, -0.05) is 37.5 Å². The van der Waals surface area contributed by atoms with Crippen LogP contribution >= 0.6 is 0 Å². The summed E-state index contributed by atoms with van der Waals surface area (Å²) < 4.78 is 0. The Hall–Kier alpha value is -2.28. The van der Waals surface area contributed by atoms with Crippen molar-refractivity contribution in [2.24, 2.45) is 0 Å². The van der Waals surface area contributed by atoms with Gasteiger partial charge in [-0.2, -0.15) is 5.26 Å². The van der Waals surface area contributed by atoms with Crippen molar-refractivity contribution in [2.75, 3.05) is 17.7 Å². The van der Waals surface area contributed by atoms with Gasteiger partial charge in [0.05, 0.1) is 11.2 Å². The molecule has 0 saturated heterocycles. The van der Waals surface area contributed by atoms with Crippen LogP contribution in [0.2, 0.25) is 0 Å². The molecule has 1 aromatic heterocycles. The normalized spacial score (nSPS) is 15.6. The van der Waals surface area contributed by atoms with E-state index in [1.807, 2.05) is 31.3 Å². The first-order valence-corrected chi connectivity index (χ1v) is 7.60. The summed E-state index contributed by atoms with van der Waals surface area (Å²) in [5.74, 6) is 0.648. The molecule has 108 valence electrons. The molecule has 2 N–H and O–H groups in total. The Labute approximate surface area is 125 Å². The number of pyridine rings is 1. The first-order chi connectivity index (χ1) is 10.3. The highest BCUT2D eigenvalue weighted by Gasteiger charge is 2.19. The molecule has 0 aliphatic heterocycles. The van der Waals surface area contributed by atoms with E-state index in [2.05, 4.69) is 21.7 Å². The van der Waals surface area contributed by atoms with Crippen molar-refractivity contribution < 1.29 is 0 Å². The van der Waals surface area contributed by atoms with Gasteiger partial charge in [0.2, 0.25) is 0 Å². The molecule has 0 spiro atoms. The van der Waals surface area contributed by atoms with Gasteiger partial charge in [-0.15, -0.1) is 0 Å². The first kappa shape index (κ1) is 13.7. The van der Waals surface area contributed by atoms with Gasteiger partial charge in [0, 0.05) is 18.5 Å². The van der Waals surface area contributed by atoms with Gasteiger partial charge < -0.3 is 10.6 Å². The molecule has 0 atom stereocenters. The van der Waals surface area contributed by atoms with Crippen LogP contribution in [0.5, 0.6) is 0 Å². The van der Waals surface area contributed by atoms with Crippen molar-refractivity contribution in [3.63, 3.8) is 0 Å². The molecule has 0 amide bonds. The molecule has 1 aliphatic rings. The summed E-state index contributed by atoms with van der Waals surface area (Å²) in [6.07, 6.45) is 6.21. The summed E-state index contributed by atoms with van der Waals surface area (Å²) in [5, 5.41) is 17.2. The van der Waals surface area contributed by atoms with Crippen molar-refractivity contribution in [3.8, 4) is 6.07 Å². The summed E-state index contributed by atoms with van der Waals surface area (Å²) in [7, 11) is 1.81. The van der Waals surface area contributed by atoms with Crippen LogP contribution in [0.3, 0.4) is 0 Å².